The van der Waals surface area contributed by atoms with E-state index in [4.69, 9.17) is 4.74 Å². The molecule has 1 fully saturated rings. The van der Waals surface area contributed by atoms with E-state index >= 15 is 0 Å². The molecule has 3 nitrogen and oxygen atoms in total. The molecule has 0 bridgehead atoms. The zero-order valence-corrected chi connectivity index (χ0v) is 12.4. The predicted molar refractivity (Wildman–Crippen MR) is 77.0 cm³/mol. The topological polar surface area (TPSA) is 32.7 Å². The van der Waals surface area contributed by atoms with Gasteiger partial charge in [0, 0.05) is 25.3 Å². The number of aliphatic hydroxyl groups is 1. The summed E-state index contributed by atoms with van der Waals surface area (Å²) < 4.78 is 32.4. The lowest BCUT2D eigenvalue weighted by atomic mass is 10.0. The Balaban J connectivity index is 1.86. The van der Waals surface area contributed by atoms with Gasteiger partial charge in [0.15, 0.2) is 11.6 Å². The van der Waals surface area contributed by atoms with Gasteiger partial charge >= 0.3 is 0 Å². The van der Waals surface area contributed by atoms with Crippen LogP contribution < -0.4 is 0 Å². The van der Waals surface area contributed by atoms with Gasteiger partial charge in [-0.25, -0.2) is 8.78 Å². The number of hydrogen-bond donors (Lipinski definition) is 1. The largest absolute Gasteiger partial charge is 0.388 e. The molecule has 0 saturated carbocycles. The Morgan fingerprint density at radius 2 is 2.24 bits per heavy atom. The third kappa shape index (κ3) is 4.46. The average molecular weight is 299 g/mol. The van der Waals surface area contributed by atoms with Crippen molar-refractivity contribution in [3.05, 3.63) is 35.4 Å². The van der Waals surface area contributed by atoms with Crippen LogP contribution in [0.4, 0.5) is 8.78 Å². The number of likely N-dealkylation sites (tertiary alicyclic amines) is 1. The first-order valence-electron chi connectivity index (χ1n) is 7.57. The molecule has 5 heteroatoms. The van der Waals surface area contributed by atoms with Crippen LogP contribution in [0.2, 0.25) is 0 Å². The second-order valence-corrected chi connectivity index (χ2v) is 5.47. The van der Waals surface area contributed by atoms with E-state index in [9.17, 15) is 13.9 Å². The molecule has 1 saturated heterocycles. The number of nitrogens with zero attached hydrogens (tertiary/aromatic N) is 1. The van der Waals surface area contributed by atoms with Crippen molar-refractivity contribution in [3.63, 3.8) is 0 Å². The Hall–Kier alpha value is -1.04. The lowest BCUT2D eigenvalue weighted by molar-refractivity contribution is 0.00199. The molecule has 2 unspecified atom stereocenters. The van der Waals surface area contributed by atoms with E-state index < -0.39 is 17.7 Å². The summed E-state index contributed by atoms with van der Waals surface area (Å²) in [6.07, 6.45) is 1.78. The highest BCUT2D eigenvalue weighted by molar-refractivity contribution is 5.21. The lowest BCUT2D eigenvalue weighted by Gasteiger charge is -2.32. The van der Waals surface area contributed by atoms with Gasteiger partial charge in [-0.2, -0.15) is 0 Å². The Kier molecular flexibility index (Phi) is 6.08. The van der Waals surface area contributed by atoms with Gasteiger partial charge in [0.05, 0.1) is 12.2 Å². The van der Waals surface area contributed by atoms with E-state index in [0.717, 1.165) is 32.0 Å². The average Bonchev–Trinajstić information content (AvgIpc) is 2.48. The number of aliphatic hydroxyl groups excluding tert-OH is 1. The van der Waals surface area contributed by atoms with Gasteiger partial charge in [-0.15, -0.1) is 0 Å². The van der Waals surface area contributed by atoms with Gasteiger partial charge < -0.3 is 14.7 Å². The molecule has 0 spiro atoms. The zero-order valence-electron chi connectivity index (χ0n) is 12.4. The molecule has 2 rings (SSSR count). The summed E-state index contributed by atoms with van der Waals surface area (Å²) in [5.41, 5.74) is 0.0355. The summed E-state index contributed by atoms with van der Waals surface area (Å²) in [7, 11) is 0. The fourth-order valence-electron chi connectivity index (χ4n) is 2.83. The smallest absolute Gasteiger partial charge is 0.164 e. The standard InChI is InChI=1S/C16H23F2NO2/c1-2-21-12-5-4-9-19(11-12)10-8-15(20)13-6-3-7-14(17)16(13)18/h3,6-7,12,15,20H,2,4-5,8-11H2,1H3. The summed E-state index contributed by atoms with van der Waals surface area (Å²) in [4.78, 5) is 2.21. The molecule has 0 amide bonds. The molecular formula is C16H23F2NO2. The Bertz CT molecular complexity index is 454. The molecule has 1 aliphatic heterocycles. The predicted octanol–water partition coefficient (Wildman–Crippen LogP) is 2.89. The Labute approximate surface area is 124 Å². The molecule has 0 aromatic heterocycles. The molecule has 1 aromatic carbocycles. The van der Waals surface area contributed by atoms with Crippen molar-refractivity contribution in [1.29, 1.82) is 0 Å². The van der Waals surface area contributed by atoms with E-state index in [-0.39, 0.29) is 11.7 Å². The highest BCUT2D eigenvalue weighted by atomic mass is 19.2. The van der Waals surface area contributed by atoms with Gasteiger partial charge in [0.1, 0.15) is 0 Å². The number of benzene rings is 1. The van der Waals surface area contributed by atoms with E-state index in [1.165, 1.54) is 12.1 Å². The van der Waals surface area contributed by atoms with Crippen molar-refractivity contribution in [3.8, 4) is 0 Å². The van der Waals surface area contributed by atoms with Crippen LogP contribution in [-0.2, 0) is 4.74 Å². The van der Waals surface area contributed by atoms with E-state index in [1.807, 2.05) is 6.92 Å². The summed E-state index contributed by atoms with van der Waals surface area (Å²) in [5.74, 6) is -1.86. The number of piperidine rings is 1. The van der Waals surface area contributed by atoms with Crippen LogP contribution >= 0.6 is 0 Å². The number of halogens is 2. The summed E-state index contributed by atoms with van der Waals surface area (Å²) in [6.45, 7) is 5.14. The molecule has 2 atom stereocenters. The molecule has 0 radical (unpaired) electrons. The second-order valence-electron chi connectivity index (χ2n) is 5.47. The first kappa shape index (κ1) is 16.3. The molecule has 1 heterocycles. The molecule has 1 aromatic rings. The van der Waals surface area contributed by atoms with E-state index in [0.29, 0.717) is 19.6 Å². The van der Waals surface area contributed by atoms with Crippen LogP contribution in [0.1, 0.15) is 37.9 Å². The molecule has 0 aliphatic carbocycles. The minimum absolute atomic E-state index is 0.0355. The summed E-state index contributed by atoms with van der Waals surface area (Å²) in [5, 5.41) is 10.1. The molecule has 118 valence electrons. The normalized spacial score (nSPS) is 21.4. The van der Waals surface area contributed by atoms with Crippen molar-refractivity contribution in [2.45, 2.75) is 38.4 Å². The number of rotatable bonds is 6. The van der Waals surface area contributed by atoms with Gasteiger partial charge in [-0.05, 0) is 38.8 Å². The molecular weight excluding hydrogens is 276 g/mol. The molecule has 1 aliphatic rings. The van der Waals surface area contributed by atoms with Crippen molar-refractivity contribution in [2.75, 3.05) is 26.2 Å². The first-order valence-corrected chi connectivity index (χ1v) is 7.57. The van der Waals surface area contributed by atoms with Crippen molar-refractivity contribution < 1.29 is 18.6 Å². The zero-order chi connectivity index (χ0) is 15.2. The maximum atomic E-state index is 13.6. The van der Waals surface area contributed by atoms with Crippen LogP contribution in [0, 0.1) is 11.6 Å². The minimum atomic E-state index is -0.979. The van der Waals surface area contributed by atoms with Crippen molar-refractivity contribution in [2.24, 2.45) is 0 Å². The molecule has 21 heavy (non-hydrogen) atoms. The van der Waals surface area contributed by atoms with Crippen LogP contribution in [0.5, 0.6) is 0 Å². The SMILES string of the molecule is CCOC1CCCN(CCC(O)c2cccc(F)c2F)C1. The maximum absolute atomic E-state index is 13.6. The van der Waals surface area contributed by atoms with Crippen LogP contribution in [0.15, 0.2) is 18.2 Å². The Morgan fingerprint density at radius 1 is 1.43 bits per heavy atom. The quantitative estimate of drug-likeness (QED) is 0.876. The van der Waals surface area contributed by atoms with E-state index in [2.05, 4.69) is 4.90 Å². The summed E-state index contributed by atoms with van der Waals surface area (Å²) in [6, 6.07) is 3.91. The van der Waals surface area contributed by atoms with Crippen LogP contribution in [0.3, 0.4) is 0 Å². The van der Waals surface area contributed by atoms with Gasteiger partial charge in [0.2, 0.25) is 0 Å². The van der Waals surface area contributed by atoms with Gasteiger partial charge in [0.25, 0.3) is 0 Å². The second kappa shape index (κ2) is 7.82. The monoisotopic (exact) mass is 299 g/mol. The highest BCUT2D eigenvalue weighted by Crippen LogP contribution is 2.23. The fourth-order valence-corrected chi connectivity index (χ4v) is 2.83. The van der Waals surface area contributed by atoms with Crippen LogP contribution in [-0.4, -0.2) is 42.4 Å². The fraction of sp³-hybridized carbons (Fsp3) is 0.625. The highest BCUT2D eigenvalue weighted by Gasteiger charge is 2.22. The third-order valence-electron chi connectivity index (χ3n) is 3.92. The molecule has 1 N–H and O–H groups in total. The first-order chi connectivity index (χ1) is 10.1. The van der Waals surface area contributed by atoms with Crippen molar-refractivity contribution >= 4 is 0 Å². The number of hydrogen-bond acceptors (Lipinski definition) is 3. The Morgan fingerprint density at radius 3 is 3.00 bits per heavy atom. The number of ether oxygens (including phenoxy) is 1. The lowest BCUT2D eigenvalue weighted by Crippen LogP contribution is -2.40. The van der Waals surface area contributed by atoms with Crippen LogP contribution in [0.25, 0.3) is 0 Å². The maximum Gasteiger partial charge on any atom is 0.164 e. The summed E-state index contributed by atoms with van der Waals surface area (Å²) >= 11 is 0. The van der Waals surface area contributed by atoms with E-state index in [1.54, 1.807) is 0 Å². The van der Waals surface area contributed by atoms with Gasteiger partial charge in [-0.1, -0.05) is 12.1 Å². The van der Waals surface area contributed by atoms with Gasteiger partial charge in [-0.3, -0.25) is 0 Å². The van der Waals surface area contributed by atoms with Crippen molar-refractivity contribution in [1.82, 2.24) is 4.90 Å². The third-order valence-corrected chi connectivity index (χ3v) is 3.92. The minimum Gasteiger partial charge on any atom is -0.388 e.